The summed E-state index contributed by atoms with van der Waals surface area (Å²) in [5.74, 6) is -2.51. The van der Waals surface area contributed by atoms with E-state index in [1.54, 1.807) is 45.2 Å². The number of aliphatic hydroxyl groups excluding tert-OH is 2. The minimum atomic E-state index is -1.86. The van der Waals surface area contributed by atoms with Crippen molar-refractivity contribution in [2.45, 2.75) is 115 Å². The molecule has 4 bridgehead atoms. The first kappa shape index (κ1) is 45.6. The Balaban J connectivity index is 1.66. The van der Waals surface area contributed by atoms with Crippen molar-refractivity contribution in [3.8, 4) is 0 Å². The summed E-state index contributed by atoms with van der Waals surface area (Å²) >= 11 is 6.73. The molecule has 4 N–H and O–H groups in total. The van der Waals surface area contributed by atoms with Crippen LogP contribution in [-0.4, -0.2) is 138 Å². The molecule has 4 amide bonds. The molecule has 3 heterocycles. The van der Waals surface area contributed by atoms with Gasteiger partial charge in [-0.25, -0.2) is 9.59 Å². The maximum atomic E-state index is 14.2. The third-order valence-corrected chi connectivity index (χ3v) is 11.7. The standard InChI is InChI=1S/C40H57ClN4O12/c1-23-11-9-12-30(54-8)40(53)21-29(55-38(52)42-40)24(2)36-39(4,57-36)31(20-34(50)45(7)28-19-26(17-23)18-27(22-47)35(28)41)56-37(51)25(3)44(6)33(49)14-10-13-32(48)43(5)15-16-46/h9,11-12,18-19,24-25,29-31,36,46-47,53H,10,13-17,20-22H2,1-8H3,(H,42,52)/b12-9+,23-11-/t24-,25+,29+,30-,31+,36+,39+,40+/m1/s1. The second kappa shape index (κ2) is 19.1. The van der Waals surface area contributed by atoms with E-state index < -0.39 is 71.6 Å². The zero-order valence-corrected chi connectivity index (χ0v) is 34.7. The number of carbonyl (C=O) groups excluding carboxylic acids is 5. The van der Waals surface area contributed by atoms with Gasteiger partial charge in [-0.15, -0.1) is 0 Å². The van der Waals surface area contributed by atoms with Gasteiger partial charge in [-0.05, 0) is 50.8 Å². The van der Waals surface area contributed by atoms with Crippen molar-refractivity contribution in [2.24, 2.45) is 5.92 Å². The smallest absolute Gasteiger partial charge is 0.409 e. The molecule has 1 aromatic rings. The number of nitrogens with one attached hydrogen (secondary N) is 1. The van der Waals surface area contributed by atoms with Crippen molar-refractivity contribution in [3.63, 3.8) is 0 Å². The third-order valence-electron chi connectivity index (χ3n) is 11.2. The molecular formula is C40H57ClN4O12. The number of benzene rings is 1. The Bertz CT molecular complexity index is 1740. The number of fused-ring (bicyclic) bond motifs is 5. The van der Waals surface area contributed by atoms with E-state index in [9.17, 15) is 34.2 Å². The number of halogens is 1. The number of anilines is 1. The van der Waals surface area contributed by atoms with Crippen molar-refractivity contribution in [2.75, 3.05) is 46.3 Å². The molecule has 16 nitrogen and oxygen atoms in total. The first-order valence-electron chi connectivity index (χ1n) is 19.1. The largest absolute Gasteiger partial charge is 0.457 e. The third kappa shape index (κ3) is 10.7. The number of ether oxygens (including phenoxy) is 4. The Labute approximate surface area is 338 Å². The molecule has 57 heavy (non-hydrogen) atoms. The molecule has 2 fully saturated rings. The molecule has 0 spiro atoms. The van der Waals surface area contributed by atoms with Gasteiger partial charge in [0.1, 0.15) is 30.0 Å². The lowest BCUT2D eigenvalue weighted by atomic mass is 9.83. The maximum absolute atomic E-state index is 14.2. The summed E-state index contributed by atoms with van der Waals surface area (Å²) in [6.45, 7) is 6.42. The second-order valence-electron chi connectivity index (χ2n) is 15.4. The Morgan fingerprint density at radius 3 is 2.49 bits per heavy atom. The molecule has 0 aliphatic carbocycles. The van der Waals surface area contributed by atoms with Gasteiger partial charge in [0.15, 0.2) is 5.72 Å². The Morgan fingerprint density at radius 1 is 1.16 bits per heavy atom. The summed E-state index contributed by atoms with van der Waals surface area (Å²) < 4.78 is 23.6. The number of likely N-dealkylation sites (N-methyl/N-ethyl adjacent to an activating group) is 2. The number of carbonyl (C=O) groups is 5. The highest BCUT2D eigenvalue weighted by molar-refractivity contribution is 6.34. The number of allylic oxidation sites excluding steroid dienone is 3. The lowest BCUT2D eigenvalue weighted by molar-refractivity contribution is -0.162. The van der Waals surface area contributed by atoms with E-state index in [-0.39, 0.29) is 62.8 Å². The van der Waals surface area contributed by atoms with E-state index >= 15 is 0 Å². The summed E-state index contributed by atoms with van der Waals surface area (Å²) in [6.07, 6.45) is 0.719. The Hall–Kier alpha value is -4.06. The molecular weight excluding hydrogens is 764 g/mol. The molecule has 0 aromatic heterocycles. The van der Waals surface area contributed by atoms with Crippen molar-refractivity contribution < 1.29 is 58.2 Å². The van der Waals surface area contributed by atoms with Gasteiger partial charge < -0.3 is 49.0 Å². The van der Waals surface area contributed by atoms with E-state index in [1.807, 2.05) is 13.0 Å². The number of aliphatic hydroxyl groups is 3. The summed E-state index contributed by atoms with van der Waals surface area (Å²) in [5, 5.41) is 33.7. The van der Waals surface area contributed by atoms with Crippen LogP contribution in [0, 0.1) is 5.92 Å². The summed E-state index contributed by atoms with van der Waals surface area (Å²) in [5.41, 5.74) is -0.785. The average molecular weight is 821 g/mol. The van der Waals surface area contributed by atoms with Crippen LogP contribution in [0.5, 0.6) is 0 Å². The monoisotopic (exact) mass is 820 g/mol. The van der Waals surface area contributed by atoms with Crippen LogP contribution in [0.3, 0.4) is 0 Å². The maximum Gasteiger partial charge on any atom is 0.409 e. The van der Waals surface area contributed by atoms with Crippen LogP contribution >= 0.6 is 11.6 Å². The highest BCUT2D eigenvalue weighted by atomic mass is 35.5. The van der Waals surface area contributed by atoms with Gasteiger partial charge in [0.2, 0.25) is 17.7 Å². The molecule has 17 heteroatoms. The Morgan fingerprint density at radius 2 is 1.84 bits per heavy atom. The van der Waals surface area contributed by atoms with Crippen LogP contribution < -0.4 is 10.2 Å². The summed E-state index contributed by atoms with van der Waals surface area (Å²) in [6, 6.07) is 2.39. The molecule has 316 valence electrons. The molecule has 4 rings (SSSR count). The van der Waals surface area contributed by atoms with Crippen molar-refractivity contribution in [3.05, 3.63) is 52.1 Å². The first-order valence-corrected chi connectivity index (χ1v) is 19.4. The van der Waals surface area contributed by atoms with Gasteiger partial charge in [0.05, 0.1) is 36.4 Å². The lowest BCUT2D eigenvalue weighted by Crippen LogP contribution is -2.63. The highest BCUT2D eigenvalue weighted by Gasteiger charge is 2.64. The number of epoxide rings is 1. The quantitative estimate of drug-likeness (QED) is 0.188. The number of hydrogen-bond acceptors (Lipinski definition) is 12. The predicted octanol–water partition coefficient (Wildman–Crippen LogP) is 2.62. The number of esters is 1. The molecule has 3 aliphatic rings. The van der Waals surface area contributed by atoms with Crippen molar-refractivity contribution in [1.82, 2.24) is 15.1 Å². The molecule has 3 aliphatic heterocycles. The van der Waals surface area contributed by atoms with E-state index in [0.29, 0.717) is 17.7 Å². The van der Waals surface area contributed by atoms with Crippen LogP contribution in [0.2, 0.25) is 5.02 Å². The zero-order valence-electron chi connectivity index (χ0n) is 34.0. The number of nitrogens with zero attached hydrogens (tertiary/aromatic N) is 3. The number of amides is 4. The molecule has 0 unspecified atom stereocenters. The van der Waals surface area contributed by atoms with Crippen LogP contribution in [-0.2, 0) is 51.2 Å². The van der Waals surface area contributed by atoms with Gasteiger partial charge in [-0.2, -0.15) is 0 Å². The SMILES string of the molecule is CO[C@@H]1/C=C/C=C(/C)Cc2cc(CO)c(Cl)c(c2)N(C)C(=O)C[C@H](OC(=O)[C@H](C)N(C)C(=O)CCCC(=O)N(C)CCO)[C@]2(C)O[C@H]2[C@H](C)[C@@H]2C[C@@]1(O)NC(=O)O2. The van der Waals surface area contributed by atoms with E-state index in [4.69, 9.17) is 35.7 Å². The van der Waals surface area contributed by atoms with Crippen molar-refractivity contribution in [1.29, 1.82) is 0 Å². The second-order valence-corrected chi connectivity index (χ2v) is 15.8. The minimum absolute atomic E-state index is 0.0219. The topological polar surface area (TPSA) is 208 Å². The fourth-order valence-electron chi connectivity index (χ4n) is 7.31. The van der Waals surface area contributed by atoms with Gasteiger partial charge in [-0.1, -0.05) is 48.4 Å². The minimum Gasteiger partial charge on any atom is -0.457 e. The van der Waals surface area contributed by atoms with Gasteiger partial charge in [0, 0.05) is 60.0 Å². The van der Waals surface area contributed by atoms with Crippen LogP contribution in [0.1, 0.15) is 70.9 Å². The van der Waals surface area contributed by atoms with E-state index in [2.05, 4.69) is 5.32 Å². The fourth-order valence-corrected chi connectivity index (χ4v) is 7.61. The normalized spacial score (nSPS) is 29.8. The molecule has 0 saturated carbocycles. The van der Waals surface area contributed by atoms with Gasteiger partial charge in [-0.3, -0.25) is 19.7 Å². The summed E-state index contributed by atoms with van der Waals surface area (Å²) in [7, 11) is 5.94. The predicted molar refractivity (Wildman–Crippen MR) is 209 cm³/mol. The molecule has 0 radical (unpaired) electrons. The van der Waals surface area contributed by atoms with Gasteiger partial charge >= 0.3 is 12.1 Å². The van der Waals surface area contributed by atoms with Crippen LogP contribution in [0.4, 0.5) is 10.5 Å². The fraction of sp³-hybridized carbons (Fsp3) is 0.625. The number of alkyl carbamates (subject to hydrolysis) is 1. The van der Waals surface area contributed by atoms with E-state index in [1.165, 1.54) is 42.8 Å². The number of methoxy groups -OCH3 is 1. The zero-order chi connectivity index (χ0) is 42.4. The highest BCUT2D eigenvalue weighted by Crippen LogP contribution is 2.49. The van der Waals surface area contributed by atoms with Crippen LogP contribution in [0.25, 0.3) is 0 Å². The Kier molecular flexibility index (Phi) is 15.3. The summed E-state index contributed by atoms with van der Waals surface area (Å²) in [4.78, 5) is 70.1. The first-order chi connectivity index (χ1) is 26.8. The molecule has 8 atom stereocenters. The lowest BCUT2D eigenvalue weighted by Gasteiger charge is -2.42. The average Bonchev–Trinajstić information content (AvgIpc) is 3.86. The molecule has 2 saturated heterocycles. The number of hydrogen-bond donors (Lipinski definition) is 4. The van der Waals surface area contributed by atoms with Crippen molar-refractivity contribution >= 4 is 47.1 Å². The van der Waals surface area contributed by atoms with Gasteiger partial charge in [0.25, 0.3) is 0 Å². The van der Waals surface area contributed by atoms with Crippen LogP contribution in [0.15, 0.2) is 35.9 Å². The molecule has 1 aromatic carbocycles. The number of rotatable bonds is 11. The van der Waals surface area contributed by atoms with E-state index in [0.717, 1.165) is 11.1 Å².